The molecule has 1 amide bonds. The van der Waals surface area contributed by atoms with E-state index >= 15 is 0 Å². The highest BCUT2D eigenvalue weighted by molar-refractivity contribution is 7.98. The molecule has 0 radical (unpaired) electrons. The number of nitrogens with zero attached hydrogens (tertiary/aromatic N) is 2. The molecule has 1 aromatic heterocycles. The summed E-state index contributed by atoms with van der Waals surface area (Å²) in [6.45, 7) is 0. The van der Waals surface area contributed by atoms with Crippen molar-refractivity contribution in [1.82, 2.24) is 9.66 Å². The van der Waals surface area contributed by atoms with Crippen LogP contribution in [0.25, 0.3) is 10.9 Å². The van der Waals surface area contributed by atoms with E-state index in [4.69, 9.17) is 0 Å². The fraction of sp³-hybridized carbons (Fsp3) is 0.167. The Balaban J connectivity index is 2.01. The molecule has 2 aromatic carbocycles. The maximum Gasteiger partial charge on any atom is 0.281 e. The Morgan fingerprint density at radius 2 is 1.89 bits per heavy atom. The molecule has 1 heterocycles. The minimum atomic E-state index is -3.42. The number of aromatic nitrogens is 2. The topological polar surface area (TPSA) is 98.1 Å². The fourth-order valence-electron chi connectivity index (χ4n) is 2.56. The SMILES string of the molecule is CSc1nc2cc(S(C)(=O)=O)ccc2c(=O)n1NC(=O)Cc1ccccc1. The number of fused-ring (bicyclic) bond motifs is 1. The van der Waals surface area contributed by atoms with E-state index in [9.17, 15) is 18.0 Å². The molecule has 0 aliphatic carbocycles. The zero-order valence-electron chi connectivity index (χ0n) is 14.7. The van der Waals surface area contributed by atoms with Gasteiger partial charge < -0.3 is 0 Å². The summed E-state index contributed by atoms with van der Waals surface area (Å²) in [5, 5.41) is 0.486. The summed E-state index contributed by atoms with van der Waals surface area (Å²) in [6.07, 6.45) is 2.93. The molecule has 7 nitrogen and oxygen atoms in total. The average molecular weight is 403 g/mol. The lowest BCUT2D eigenvalue weighted by molar-refractivity contribution is -0.116. The number of carbonyl (C=O) groups excluding carboxylic acids is 1. The summed E-state index contributed by atoms with van der Waals surface area (Å²) in [6, 6.07) is 13.3. The summed E-state index contributed by atoms with van der Waals surface area (Å²) in [4.78, 5) is 29.6. The number of benzene rings is 2. The molecule has 0 aliphatic rings. The van der Waals surface area contributed by atoms with Gasteiger partial charge in [-0.15, -0.1) is 0 Å². The zero-order valence-corrected chi connectivity index (χ0v) is 16.3. The molecular formula is C18H17N3O4S2. The average Bonchev–Trinajstić information content (AvgIpc) is 2.63. The van der Waals surface area contributed by atoms with Crippen LogP contribution < -0.4 is 11.0 Å². The number of thioether (sulfide) groups is 1. The van der Waals surface area contributed by atoms with Crippen LogP contribution in [0.2, 0.25) is 0 Å². The largest absolute Gasteiger partial charge is 0.281 e. The predicted octanol–water partition coefficient (Wildman–Crippen LogP) is 1.83. The van der Waals surface area contributed by atoms with Crippen LogP contribution >= 0.6 is 11.8 Å². The number of sulfone groups is 1. The molecule has 3 rings (SSSR count). The van der Waals surface area contributed by atoms with Crippen LogP contribution in [0.15, 0.2) is 63.4 Å². The van der Waals surface area contributed by atoms with Gasteiger partial charge in [0.25, 0.3) is 5.56 Å². The first-order valence-electron chi connectivity index (χ1n) is 7.94. The van der Waals surface area contributed by atoms with Gasteiger partial charge in [0.2, 0.25) is 5.91 Å². The minimum Gasteiger partial charge on any atom is -0.273 e. The Morgan fingerprint density at radius 1 is 1.19 bits per heavy atom. The Morgan fingerprint density at radius 3 is 2.52 bits per heavy atom. The Hall–Kier alpha value is -2.65. The molecule has 0 saturated carbocycles. The van der Waals surface area contributed by atoms with E-state index in [2.05, 4.69) is 10.4 Å². The van der Waals surface area contributed by atoms with Gasteiger partial charge in [0.15, 0.2) is 15.0 Å². The highest BCUT2D eigenvalue weighted by Crippen LogP contribution is 2.18. The van der Waals surface area contributed by atoms with E-state index in [1.54, 1.807) is 6.26 Å². The van der Waals surface area contributed by atoms with Gasteiger partial charge in [-0.1, -0.05) is 42.1 Å². The van der Waals surface area contributed by atoms with Crippen LogP contribution in [-0.4, -0.2) is 36.5 Å². The first-order valence-corrected chi connectivity index (χ1v) is 11.1. The molecule has 140 valence electrons. The lowest BCUT2D eigenvalue weighted by Crippen LogP contribution is -2.35. The molecule has 3 aromatic rings. The Labute approximate surface area is 160 Å². The lowest BCUT2D eigenvalue weighted by Gasteiger charge is -2.13. The number of nitrogens with one attached hydrogen (secondary N) is 1. The molecule has 0 fully saturated rings. The Bertz CT molecular complexity index is 1170. The molecule has 27 heavy (non-hydrogen) atoms. The normalized spacial score (nSPS) is 11.5. The summed E-state index contributed by atoms with van der Waals surface area (Å²) in [5.74, 6) is -0.354. The smallest absolute Gasteiger partial charge is 0.273 e. The van der Waals surface area contributed by atoms with E-state index in [0.29, 0.717) is 0 Å². The third kappa shape index (κ3) is 4.20. The molecule has 0 bridgehead atoms. The van der Waals surface area contributed by atoms with Crippen molar-refractivity contribution < 1.29 is 13.2 Å². The second-order valence-electron chi connectivity index (χ2n) is 5.89. The van der Waals surface area contributed by atoms with Crippen molar-refractivity contribution in [3.8, 4) is 0 Å². The van der Waals surface area contributed by atoms with Gasteiger partial charge in [-0.3, -0.25) is 15.0 Å². The molecule has 1 N–H and O–H groups in total. The highest BCUT2D eigenvalue weighted by Gasteiger charge is 2.16. The number of rotatable bonds is 5. The second kappa shape index (κ2) is 7.53. The quantitative estimate of drug-likeness (QED) is 0.516. The lowest BCUT2D eigenvalue weighted by atomic mass is 10.1. The van der Waals surface area contributed by atoms with Gasteiger partial charge in [-0.05, 0) is 30.0 Å². The van der Waals surface area contributed by atoms with Crippen molar-refractivity contribution in [3.05, 3.63) is 64.4 Å². The molecular weight excluding hydrogens is 386 g/mol. The van der Waals surface area contributed by atoms with Crippen LogP contribution in [0.4, 0.5) is 0 Å². The molecule has 0 atom stereocenters. The van der Waals surface area contributed by atoms with E-state index in [0.717, 1.165) is 16.5 Å². The zero-order chi connectivity index (χ0) is 19.6. The Kier molecular flexibility index (Phi) is 5.33. The monoisotopic (exact) mass is 403 g/mol. The summed E-state index contributed by atoms with van der Waals surface area (Å²) < 4.78 is 24.6. The third-order valence-corrected chi connectivity index (χ3v) is 5.61. The predicted molar refractivity (Wildman–Crippen MR) is 105 cm³/mol. The first kappa shape index (κ1) is 19.1. The third-order valence-electron chi connectivity index (χ3n) is 3.86. The van der Waals surface area contributed by atoms with Crippen molar-refractivity contribution >= 4 is 38.4 Å². The van der Waals surface area contributed by atoms with Gasteiger partial charge in [0.1, 0.15) is 0 Å². The summed E-state index contributed by atoms with van der Waals surface area (Å²) >= 11 is 1.17. The number of hydrogen-bond donors (Lipinski definition) is 1. The number of hydrogen-bond acceptors (Lipinski definition) is 6. The first-order chi connectivity index (χ1) is 12.8. The van der Waals surface area contributed by atoms with E-state index in [-0.39, 0.29) is 33.3 Å². The molecule has 0 saturated heterocycles. The molecule has 0 aliphatic heterocycles. The molecule has 0 unspecified atom stereocenters. The minimum absolute atomic E-state index is 0.0832. The van der Waals surface area contributed by atoms with E-state index in [1.807, 2.05) is 30.3 Å². The van der Waals surface area contributed by atoms with Gasteiger partial charge in [-0.25, -0.2) is 13.4 Å². The van der Waals surface area contributed by atoms with Crippen LogP contribution in [0, 0.1) is 0 Å². The fourth-order valence-corrected chi connectivity index (χ4v) is 3.70. The number of carbonyl (C=O) groups is 1. The van der Waals surface area contributed by atoms with Crippen molar-refractivity contribution in [2.75, 3.05) is 17.9 Å². The van der Waals surface area contributed by atoms with E-state index < -0.39 is 15.4 Å². The van der Waals surface area contributed by atoms with Gasteiger partial charge in [-0.2, -0.15) is 4.68 Å². The van der Waals surface area contributed by atoms with Crippen molar-refractivity contribution in [1.29, 1.82) is 0 Å². The summed E-state index contributed by atoms with van der Waals surface area (Å²) in [5.41, 5.74) is 3.20. The van der Waals surface area contributed by atoms with E-state index in [1.165, 1.54) is 30.0 Å². The van der Waals surface area contributed by atoms with Crippen LogP contribution in [0.3, 0.4) is 0 Å². The van der Waals surface area contributed by atoms with Gasteiger partial charge >= 0.3 is 0 Å². The standard InChI is InChI=1S/C18H17N3O4S2/c1-26-18-19-15-11-13(27(2,24)25)8-9-14(15)17(23)21(18)20-16(22)10-12-6-4-3-5-7-12/h3-9,11H,10H2,1-2H3,(H,20,22). The molecule has 9 heteroatoms. The molecule has 0 spiro atoms. The number of amides is 1. The van der Waals surface area contributed by atoms with Crippen LogP contribution in [-0.2, 0) is 21.1 Å². The summed E-state index contributed by atoms with van der Waals surface area (Å²) in [7, 11) is -3.42. The highest BCUT2D eigenvalue weighted by atomic mass is 32.2. The van der Waals surface area contributed by atoms with Crippen LogP contribution in [0.5, 0.6) is 0 Å². The van der Waals surface area contributed by atoms with Crippen LogP contribution in [0.1, 0.15) is 5.56 Å². The van der Waals surface area contributed by atoms with Crippen molar-refractivity contribution in [3.63, 3.8) is 0 Å². The van der Waals surface area contributed by atoms with Gasteiger partial charge in [0, 0.05) is 6.26 Å². The van der Waals surface area contributed by atoms with Crippen molar-refractivity contribution in [2.45, 2.75) is 16.5 Å². The maximum absolute atomic E-state index is 12.8. The second-order valence-corrected chi connectivity index (χ2v) is 8.68. The van der Waals surface area contributed by atoms with Crippen molar-refractivity contribution in [2.24, 2.45) is 0 Å². The maximum atomic E-state index is 12.8. The van der Waals surface area contributed by atoms with Gasteiger partial charge in [0.05, 0.1) is 22.2 Å².